The Kier molecular flexibility index (Phi) is 14.3. The third-order valence-corrected chi connectivity index (χ3v) is 5.71. The van der Waals surface area contributed by atoms with Gasteiger partial charge in [-0.25, -0.2) is 15.8 Å². The molecule has 0 amide bonds. The van der Waals surface area contributed by atoms with Gasteiger partial charge in [-0.05, 0) is 48.3 Å². The number of benzene rings is 1. The van der Waals surface area contributed by atoms with Crippen molar-refractivity contribution in [3.05, 3.63) is 72.1 Å². The molecule has 5 rings (SSSR count). The first kappa shape index (κ1) is 32.9. The van der Waals surface area contributed by atoms with E-state index in [0.29, 0.717) is 0 Å². The van der Waals surface area contributed by atoms with E-state index in [4.69, 9.17) is 4.98 Å². The first-order valence-electron chi connectivity index (χ1n) is 12.4. The lowest BCUT2D eigenvalue weighted by molar-refractivity contribution is 0.712. The third kappa shape index (κ3) is 9.72. The van der Waals surface area contributed by atoms with Crippen LogP contribution in [0.3, 0.4) is 0 Å². The van der Waals surface area contributed by atoms with Gasteiger partial charge in [0.05, 0.1) is 5.69 Å². The molecule has 10 nitrogen and oxygen atoms in total. The van der Waals surface area contributed by atoms with Crippen LogP contribution in [-0.4, -0.2) is 59.9 Å². The summed E-state index contributed by atoms with van der Waals surface area (Å²) >= 11 is 0. The number of nitrogens with zero attached hydrogens (tertiary/aromatic N) is 6. The molecule has 0 spiro atoms. The number of pyridine rings is 1. The summed E-state index contributed by atoms with van der Waals surface area (Å²) in [6, 6.07) is 12.3. The molecule has 0 aliphatic carbocycles. The molecule has 4 heterocycles. The van der Waals surface area contributed by atoms with Crippen molar-refractivity contribution in [3.8, 4) is 11.3 Å². The Morgan fingerprint density at radius 2 is 1.30 bits per heavy atom. The number of hydrogen-bond acceptors (Lipinski definition) is 9. The molecular formula is C27H33Br3N10. The average Bonchev–Trinajstić information content (AvgIpc) is 3.38. The zero-order valence-electron chi connectivity index (χ0n) is 21.7. The minimum Gasteiger partial charge on any atom is -0.355 e. The zero-order chi connectivity index (χ0) is 25.1. The van der Waals surface area contributed by atoms with Gasteiger partial charge in [-0.2, -0.15) is 10.2 Å². The number of hydrogen-bond donors (Lipinski definition) is 4. The summed E-state index contributed by atoms with van der Waals surface area (Å²) in [5.41, 5.74) is 10.8. The lowest BCUT2D eigenvalue weighted by Crippen LogP contribution is -2.38. The lowest BCUT2D eigenvalue weighted by atomic mass is 10.1. The minimum atomic E-state index is 0. The molecular weight excluding hydrogens is 704 g/mol. The average molecular weight is 737 g/mol. The molecule has 4 N–H and O–H groups in total. The standard InChI is InChI=1S/C27H30N10.3BrH/c1(17-32-35-26-28-13-3-14-29-26)5-21-7-10-23(11-8-21)24-20-37-19-22(9-12-25(37)34-24)6-2-18-33-36-27-30-15-4-16-31-27;;;/h1-2,5-12,17-20H,3-4,13-16H2,(H2,28,29,35)(H2,30,31,36);3*1H/b5-1+,6-2+,32-17+,33-18+;;;. The molecule has 0 radical (unpaired) electrons. The number of aromatic nitrogens is 2. The van der Waals surface area contributed by atoms with Gasteiger partial charge >= 0.3 is 0 Å². The third-order valence-electron chi connectivity index (χ3n) is 5.71. The number of allylic oxidation sites excluding steroid dienone is 2. The Bertz CT molecular complexity index is 1390. The van der Waals surface area contributed by atoms with Gasteiger partial charge in [0.25, 0.3) is 0 Å². The van der Waals surface area contributed by atoms with E-state index in [0.717, 1.165) is 79.0 Å². The molecule has 40 heavy (non-hydrogen) atoms. The molecule has 212 valence electrons. The maximum absolute atomic E-state index is 4.76. The SMILES string of the molecule is Br.Br.Br.C(=C\c1ccc(-c2cn3cc(/C=C/C=N/NC4=NCCCN4)ccc3n2)cc1)/C=N/NC1=NCCCN1. The van der Waals surface area contributed by atoms with Crippen molar-refractivity contribution in [2.75, 3.05) is 26.2 Å². The second kappa shape index (κ2) is 17.4. The second-order valence-electron chi connectivity index (χ2n) is 8.50. The Labute approximate surface area is 265 Å². The van der Waals surface area contributed by atoms with Gasteiger partial charge in [-0.15, -0.1) is 50.9 Å². The van der Waals surface area contributed by atoms with Gasteiger partial charge in [0, 0.05) is 56.6 Å². The van der Waals surface area contributed by atoms with Gasteiger partial charge < -0.3 is 15.0 Å². The Morgan fingerprint density at radius 3 is 1.88 bits per heavy atom. The van der Waals surface area contributed by atoms with Gasteiger partial charge in [0.15, 0.2) is 0 Å². The Balaban J connectivity index is 0.00000187. The smallest absolute Gasteiger partial charge is 0.212 e. The van der Waals surface area contributed by atoms with Crippen LogP contribution < -0.4 is 21.5 Å². The van der Waals surface area contributed by atoms with Crippen LogP contribution in [0, 0.1) is 0 Å². The van der Waals surface area contributed by atoms with E-state index in [2.05, 4.69) is 72.1 Å². The van der Waals surface area contributed by atoms with Crippen LogP contribution in [0.4, 0.5) is 0 Å². The molecule has 3 aromatic rings. The maximum Gasteiger partial charge on any atom is 0.212 e. The van der Waals surface area contributed by atoms with Crippen molar-refractivity contribution >= 4 is 93.1 Å². The van der Waals surface area contributed by atoms with Crippen molar-refractivity contribution < 1.29 is 0 Å². The van der Waals surface area contributed by atoms with Gasteiger partial charge in [-0.1, -0.05) is 36.4 Å². The highest BCUT2D eigenvalue weighted by atomic mass is 79.9. The molecule has 0 saturated heterocycles. The van der Waals surface area contributed by atoms with E-state index in [1.165, 1.54) is 0 Å². The predicted molar refractivity (Wildman–Crippen MR) is 183 cm³/mol. The van der Waals surface area contributed by atoms with Crippen molar-refractivity contribution in [2.45, 2.75) is 12.8 Å². The summed E-state index contributed by atoms with van der Waals surface area (Å²) in [5, 5.41) is 14.7. The quantitative estimate of drug-likeness (QED) is 0.209. The fourth-order valence-corrected chi connectivity index (χ4v) is 3.82. The molecule has 0 saturated carbocycles. The van der Waals surface area contributed by atoms with Crippen LogP contribution in [0.2, 0.25) is 0 Å². The predicted octanol–water partition coefficient (Wildman–Crippen LogP) is 4.61. The summed E-state index contributed by atoms with van der Waals surface area (Å²) in [4.78, 5) is 13.4. The molecule has 2 aromatic heterocycles. The number of rotatable bonds is 7. The topological polar surface area (TPSA) is 115 Å². The van der Waals surface area contributed by atoms with Crippen LogP contribution in [0.5, 0.6) is 0 Å². The molecule has 0 bridgehead atoms. The van der Waals surface area contributed by atoms with E-state index < -0.39 is 0 Å². The first-order chi connectivity index (χ1) is 18.3. The van der Waals surface area contributed by atoms with E-state index >= 15 is 0 Å². The van der Waals surface area contributed by atoms with E-state index in [1.54, 1.807) is 12.4 Å². The fraction of sp³-hybridized carbons (Fsp3) is 0.222. The monoisotopic (exact) mass is 734 g/mol. The van der Waals surface area contributed by atoms with Crippen molar-refractivity contribution in [3.63, 3.8) is 0 Å². The van der Waals surface area contributed by atoms with E-state index in [9.17, 15) is 0 Å². The molecule has 13 heteroatoms. The molecule has 0 unspecified atom stereocenters. The normalized spacial score (nSPS) is 15.1. The van der Waals surface area contributed by atoms with Crippen molar-refractivity contribution in [1.29, 1.82) is 0 Å². The summed E-state index contributed by atoms with van der Waals surface area (Å²) in [6.07, 6.45) is 17.4. The van der Waals surface area contributed by atoms with Gasteiger partial charge in [-0.3, -0.25) is 9.98 Å². The minimum absolute atomic E-state index is 0. The van der Waals surface area contributed by atoms with Crippen LogP contribution in [0.25, 0.3) is 29.1 Å². The number of aliphatic imine (C=N–C) groups is 2. The lowest BCUT2D eigenvalue weighted by Gasteiger charge is -2.12. The highest BCUT2D eigenvalue weighted by molar-refractivity contribution is 8.93. The summed E-state index contributed by atoms with van der Waals surface area (Å²) in [6.45, 7) is 3.52. The van der Waals surface area contributed by atoms with Crippen molar-refractivity contribution in [1.82, 2.24) is 30.9 Å². The molecule has 0 atom stereocenters. The molecule has 0 fully saturated rings. The molecule has 1 aromatic carbocycles. The molecule has 2 aliphatic heterocycles. The summed E-state index contributed by atoms with van der Waals surface area (Å²) < 4.78 is 2.04. The van der Waals surface area contributed by atoms with Crippen LogP contribution in [0.15, 0.2) is 81.1 Å². The van der Waals surface area contributed by atoms with Crippen molar-refractivity contribution in [2.24, 2.45) is 20.2 Å². The number of fused-ring (bicyclic) bond motifs is 1. The number of nitrogens with one attached hydrogen (secondary N) is 4. The number of halogens is 3. The molecule has 2 aliphatic rings. The van der Waals surface area contributed by atoms with Crippen LogP contribution in [-0.2, 0) is 0 Å². The number of imidazole rings is 1. The fourth-order valence-electron chi connectivity index (χ4n) is 3.82. The van der Waals surface area contributed by atoms with Gasteiger partial charge in [0.2, 0.25) is 11.9 Å². The summed E-state index contributed by atoms with van der Waals surface area (Å²) in [7, 11) is 0. The van der Waals surface area contributed by atoms with Gasteiger partial charge in [0.1, 0.15) is 5.65 Å². The van der Waals surface area contributed by atoms with E-state index in [1.807, 2.05) is 47.0 Å². The van der Waals surface area contributed by atoms with Crippen LogP contribution in [0.1, 0.15) is 24.0 Å². The second-order valence-corrected chi connectivity index (χ2v) is 8.50. The first-order valence-corrected chi connectivity index (χ1v) is 12.4. The highest BCUT2D eigenvalue weighted by Gasteiger charge is 2.05. The Morgan fingerprint density at radius 1 is 0.725 bits per heavy atom. The van der Waals surface area contributed by atoms with Crippen LogP contribution >= 0.6 is 50.9 Å². The van der Waals surface area contributed by atoms with E-state index in [-0.39, 0.29) is 50.9 Å². The number of guanidine groups is 2. The maximum atomic E-state index is 4.76. The Hall–Kier alpha value is -3.29. The highest BCUT2D eigenvalue weighted by Crippen LogP contribution is 2.21. The summed E-state index contributed by atoms with van der Waals surface area (Å²) in [5.74, 6) is 1.44. The largest absolute Gasteiger partial charge is 0.355 e. The zero-order valence-corrected chi connectivity index (χ0v) is 26.9. The number of hydrazone groups is 2.